The second-order valence-electron chi connectivity index (χ2n) is 7.44. The van der Waals surface area contributed by atoms with Gasteiger partial charge in [0.2, 0.25) is 0 Å². The van der Waals surface area contributed by atoms with Gasteiger partial charge in [0.1, 0.15) is 0 Å². The molecule has 8 heteroatoms. The number of aromatic nitrogens is 1. The molecule has 2 heterocycles. The molecule has 1 aromatic heterocycles. The SMILES string of the molecule is Cc1cc(N2C(=O)N(c3ccc(C#N)c(C(F)(F)F)c3)[C@H]3CCCC[C@@H]32)ccn1. The Balaban J connectivity index is 1.80. The molecule has 150 valence electrons. The Morgan fingerprint density at radius 3 is 2.24 bits per heavy atom. The summed E-state index contributed by atoms with van der Waals surface area (Å²) in [5, 5.41) is 9.05. The highest BCUT2D eigenvalue weighted by molar-refractivity contribution is 6.07. The Morgan fingerprint density at radius 2 is 1.69 bits per heavy atom. The highest BCUT2D eigenvalue weighted by Gasteiger charge is 2.48. The third kappa shape index (κ3) is 3.31. The maximum atomic E-state index is 13.4. The Kier molecular flexibility index (Phi) is 4.69. The van der Waals surface area contributed by atoms with Gasteiger partial charge in [-0.05, 0) is 50.1 Å². The van der Waals surface area contributed by atoms with Gasteiger partial charge in [-0.25, -0.2) is 4.79 Å². The first-order chi connectivity index (χ1) is 13.8. The molecule has 2 atom stereocenters. The van der Waals surface area contributed by atoms with Gasteiger partial charge >= 0.3 is 12.2 Å². The third-order valence-corrected chi connectivity index (χ3v) is 5.63. The number of nitrogens with zero attached hydrogens (tertiary/aromatic N) is 4. The van der Waals surface area contributed by atoms with Crippen LogP contribution in [0.5, 0.6) is 0 Å². The van der Waals surface area contributed by atoms with Crippen LogP contribution >= 0.6 is 0 Å². The fourth-order valence-corrected chi connectivity index (χ4v) is 4.39. The van der Waals surface area contributed by atoms with E-state index in [9.17, 15) is 18.0 Å². The third-order valence-electron chi connectivity index (χ3n) is 5.63. The van der Waals surface area contributed by atoms with Crippen LogP contribution in [0.4, 0.5) is 29.3 Å². The van der Waals surface area contributed by atoms with Crippen molar-refractivity contribution in [2.24, 2.45) is 0 Å². The van der Waals surface area contributed by atoms with E-state index in [-0.39, 0.29) is 23.8 Å². The van der Waals surface area contributed by atoms with Gasteiger partial charge in [0, 0.05) is 23.3 Å². The zero-order valence-corrected chi connectivity index (χ0v) is 15.8. The molecular formula is C21H19F3N4O. The van der Waals surface area contributed by atoms with Crippen LogP contribution in [0, 0.1) is 18.3 Å². The number of carbonyl (C=O) groups excluding carboxylic acids is 1. The largest absolute Gasteiger partial charge is 0.417 e. The lowest BCUT2D eigenvalue weighted by molar-refractivity contribution is -0.137. The topological polar surface area (TPSA) is 60.2 Å². The first kappa shape index (κ1) is 19.2. The lowest BCUT2D eigenvalue weighted by Crippen LogP contribution is -2.40. The van der Waals surface area contributed by atoms with Crippen molar-refractivity contribution in [3.05, 3.63) is 53.3 Å². The van der Waals surface area contributed by atoms with Gasteiger partial charge in [-0.1, -0.05) is 12.8 Å². The molecule has 0 N–H and O–H groups in total. The standard InChI is InChI=1S/C21H19F3N4O/c1-13-10-16(8-9-26-13)28-19-5-3-2-4-18(19)27(20(28)29)15-7-6-14(12-25)17(11-15)21(22,23)24/h6-11,18-19H,2-5H2,1H3/t18-,19-/m0/s1. The molecule has 2 fully saturated rings. The molecule has 2 aromatic rings. The molecule has 2 amide bonds. The van der Waals surface area contributed by atoms with Gasteiger partial charge in [0.15, 0.2) is 0 Å². The molecule has 1 saturated heterocycles. The number of pyridine rings is 1. The quantitative estimate of drug-likeness (QED) is 0.710. The summed E-state index contributed by atoms with van der Waals surface area (Å²) in [6.07, 6.45) is 0.342. The first-order valence-electron chi connectivity index (χ1n) is 9.47. The zero-order chi connectivity index (χ0) is 20.8. The number of urea groups is 1. The number of rotatable bonds is 2. The summed E-state index contributed by atoms with van der Waals surface area (Å²) in [6.45, 7) is 1.83. The van der Waals surface area contributed by atoms with Crippen molar-refractivity contribution in [2.45, 2.75) is 50.9 Å². The number of alkyl halides is 3. The van der Waals surface area contributed by atoms with E-state index in [2.05, 4.69) is 4.98 Å². The number of carbonyl (C=O) groups is 1. The van der Waals surface area contributed by atoms with E-state index >= 15 is 0 Å². The summed E-state index contributed by atoms with van der Waals surface area (Å²) < 4.78 is 40.3. The molecule has 1 aromatic carbocycles. The lowest BCUT2D eigenvalue weighted by atomic mass is 9.89. The van der Waals surface area contributed by atoms with Crippen molar-refractivity contribution >= 4 is 17.4 Å². The van der Waals surface area contributed by atoms with Crippen LogP contribution in [-0.2, 0) is 6.18 Å². The van der Waals surface area contributed by atoms with E-state index in [1.165, 1.54) is 11.0 Å². The molecule has 4 rings (SSSR count). The minimum atomic E-state index is -4.67. The highest BCUT2D eigenvalue weighted by Crippen LogP contribution is 2.42. The van der Waals surface area contributed by atoms with Gasteiger partial charge < -0.3 is 0 Å². The number of fused-ring (bicyclic) bond motifs is 1. The van der Waals surface area contributed by atoms with E-state index in [0.717, 1.165) is 43.5 Å². The fraction of sp³-hybridized carbons (Fsp3) is 0.381. The number of benzene rings is 1. The average Bonchev–Trinajstić information content (AvgIpc) is 2.98. The number of halogens is 3. The molecule has 29 heavy (non-hydrogen) atoms. The van der Waals surface area contributed by atoms with Crippen LogP contribution in [0.2, 0.25) is 0 Å². The lowest BCUT2D eigenvalue weighted by Gasteiger charge is -2.32. The minimum Gasteiger partial charge on any atom is -0.289 e. The molecule has 0 unspecified atom stereocenters. The number of aryl methyl sites for hydroxylation is 1. The molecule has 1 saturated carbocycles. The highest BCUT2D eigenvalue weighted by atomic mass is 19.4. The number of nitriles is 1. The van der Waals surface area contributed by atoms with Crippen molar-refractivity contribution in [3.8, 4) is 6.07 Å². The monoisotopic (exact) mass is 400 g/mol. The number of anilines is 2. The number of amides is 2. The normalized spacial score (nSPS) is 21.8. The summed E-state index contributed by atoms with van der Waals surface area (Å²) in [5.74, 6) is 0. The molecule has 1 aliphatic carbocycles. The predicted octanol–water partition coefficient (Wildman–Crippen LogP) is 5.04. The van der Waals surface area contributed by atoms with Gasteiger partial charge in [0.05, 0.1) is 29.3 Å². The van der Waals surface area contributed by atoms with Crippen molar-refractivity contribution in [3.63, 3.8) is 0 Å². The molecule has 0 spiro atoms. The van der Waals surface area contributed by atoms with Crippen LogP contribution in [0.3, 0.4) is 0 Å². The second kappa shape index (κ2) is 7.07. The maximum Gasteiger partial charge on any atom is 0.417 e. The maximum absolute atomic E-state index is 13.4. The van der Waals surface area contributed by atoms with Gasteiger partial charge in [-0.15, -0.1) is 0 Å². The number of hydrogen-bond donors (Lipinski definition) is 0. The van der Waals surface area contributed by atoms with Crippen molar-refractivity contribution in [1.82, 2.24) is 4.98 Å². The van der Waals surface area contributed by atoms with Crippen LogP contribution in [-0.4, -0.2) is 23.1 Å². The molecule has 0 radical (unpaired) electrons. The summed E-state index contributed by atoms with van der Waals surface area (Å²) in [4.78, 5) is 20.7. The van der Waals surface area contributed by atoms with Crippen LogP contribution in [0.1, 0.15) is 42.5 Å². The van der Waals surface area contributed by atoms with E-state index in [4.69, 9.17) is 5.26 Å². The molecule has 2 aliphatic rings. The van der Waals surface area contributed by atoms with E-state index in [0.29, 0.717) is 5.69 Å². The molecule has 5 nitrogen and oxygen atoms in total. The summed E-state index contributed by atoms with van der Waals surface area (Å²) in [5.41, 5.74) is 0.169. The molecular weight excluding hydrogens is 381 g/mol. The summed E-state index contributed by atoms with van der Waals surface area (Å²) in [6, 6.07) is 7.98. The van der Waals surface area contributed by atoms with Crippen LogP contribution < -0.4 is 9.80 Å². The summed E-state index contributed by atoms with van der Waals surface area (Å²) in [7, 11) is 0. The Hall–Kier alpha value is -3.08. The van der Waals surface area contributed by atoms with Crippen molar-refractivity contribution in [2.75, 3.05) is 9.80 Å². The predicted molar refractivity (Wildman–Crippen MR) is 102 cm³/mol. The average molecular weight is 400 g/mol. The molecule has 0 bridgehead atoms. The molecule has 1 aliphatic heterocycles. The van der Waals surface area contributed by atoms with Crippen molar-refractivity contribution in [1.29, 1.82) is 5.26 Å². The Labute approximate surface area is 166 Å². The second-order valence-corrected chi connectivity index (χ2v) is 7.44. The summed E-state index contributed by atoms with van der Waals surface area (Å²) >= 11 is 0. The first-order valence-corrected chi connectivity index (χ1v) is 9.47. The zero-order valence-electron chi connectivity index (χ0n) is 15.8. The van der Waals surface area contributed by atoms with E-state index in [1.54, 1.807) is 23.2 Å². The minimum absolute atomic E-state index is 0.108. The van der Waals surface area contributed by atoms with Gasteiger partial charge in [0.25, 0.3) is 0 Å². The van der Waals surface area contributed by atoms with Gasteiger partial charge in [-0.2, -0.15) is 18.4 Å². The van der Waals surface area contributed by atoms with Crippen LogP contribution in [0.25, 0.3) is 0 Å². The smallest absolute Gasteiger partial charge is 0.289 e. The Bertz CT molecular complexity index is 998. The van der Waals surface area contributed by atoms with Crippen LogP contribution in [0.15, 0.2) is 36.5 Å². The van der Waals surface area contributed by atoms with Gasteiger partial charge in [-0.3, -0.25) is 14.8 Å². The van der Waals surface area contributed by atoms with E-state index < -0.39 is 17.3 Å². The van der Waals surface area contributed by atoms with Crippen molar-refractivity contribution < 1.29 is 18.0 Å². The fourth-order valence-electron chi connectivity index (χ4n) is 4.39. The van der Waals surface area contributed by atoms with E-state index in [1.807, 2.05) is 13.0 Å². The Morgan fingerprint density at radius 1 is 1.07 bits per heavy atom. The number of hydrogen-bond acceptors (Lipinski definition) is 3.